The summed E-state index contributed by atoms with van der Waals surface area (Å²) in [4.78, 5) is 29.0. The van der Waals surface area contributed by atoms with Gasteiger partial charge in [0.05, 0.1) is 5.92 Å². The molecule has 1 heterocycles. The molecule has 0 aromatic heterocycles. The van der Waals surface area contributed by atoms with Crippen LogP contribution in [-0.4, -0.2) is 50.1 Å². The molecule has 3 amide bonds. The maximum Gasteiger partial charge on any atom is 0.317 e. The molecule has 3 rings (SSSR count). The molecule has 0 bridgehead atoms. The predicted molar refractivity (Wildman–Crippen MR) is 117 cm³/mol. The number of carbonyl (C=O) groups is 2. The second-order valence-corrected chi connectivity index (χ2v) is 7.48. The van der Waals surface area contributed by atoms with Crippen LogP contribution in [0.15, 0.2) is 60.7 Å². The largest absolute Gasteiger partial charge is 0.375 e. The number of hydrogen-bond donors (Lipinski definition) is 2. The lowest BCUT2D eigenvalue weighted by atomic mass is 9.97. The third-order valence-electron chi connectivity index (χ3n) is 5.26. The average molecular weight is 395 g/mol. The van der Waals surface area contributed by atoms with E-state index in [4.69, 9.17) is 0 Å². The van der Waals surface area contributed by atoms with E-state index in [9.17, 15) is 9.59 Å². The summed E-state index contributed by atoms with van der Waals surface area (Å²) in [7, 11) is 2.05. The van der Waals surface area contributed by atoms with Crippen molar-refractivity contribution >= 4 is 23.3 Å². The van der Waals surface area contributed by atoms with Gasteiger partial charge in [-0.2, -0.15) is 0 Å². The van der Waals surface area contributed by atoms with E-state index < -0.39 is 0 Å². The van der Waals surface area contributed by atoms with Crippen LogP contribution < -0.4 is 15.5 Å². The Morgan fingerprint density at radius 3 is 2.48 bits per heavy atom. The number of piperidine rings is 1. The van der Waals surface area contributed by atoms with Crippen molar-refractivity contribution in [3.05, 3.63) is 60.7 Å². The van der Waals surface area contributed by atoms with Crippen molar-refractivity contribution in [1.29, 1.82) is 0 Å². The minimum Gasteiger partial charge on any atom is -0.375 e. The Kier molecular flexibility index (Phi) is 7.50. The molecule has 2 aromatic rings. The Balaban J connectivity index is 1.39. The van der Waals surface area contributed by atoms with Gasteiger partial charge in [0.25, 0.3) is 0 Å². The fourth-order valence-corrected chi connectivity index (χ4v) is 3.58. The molecule has 154 valence electrons. The van der Waals surface area contributed by atoms with Crippen LogP contribution in [0.3, 0.4) is 0 Å². The summed E-state index contributed by atoms with van der Waals surface area (Å²) >= 11 is 0. The first kappa shape index (κ1) is 20.7. The van der Waals surface area contributed by atoms with Gasteiger partial charge in [-0.3, -0.25) is 4.79 Å². The zero-order valence-corrected chi connectivity index (χ0v) is 17.0. The Bertz CT molecular complexity index is 782. The quantitative estimate of drug-likeness (QED) is 0.706. The molecule has 1 atom stereocenters. The maximum atomic E-state index is 12.5. The number of likely N-dealkylation sites (tertiary alicyclic amines) is 1. The molecule has 1 aliphatic heterocycles. The van der Waals surface area contributed by atoms with Gasteiger partial charge in [0.2, 0.25) is 5.91 Å². The Morgan fingerprint density at radius 2 is 1.76 bits per heavy atom. The van der Waals surface area contributed by atoms with E-state index in [0.717, 1.165) is 31.5 Å². The summed E-state index contributed by atoms with van der Waals surface area (Å²) in [6, 6.07) is 19.6. The van der Waals surface area contributed by atoms with Gasteiger partial charge in [0, 0.05) is 44.6 Å². The van der Waals surface area contributed by atoms with E-state index in [1.165, 1.54) is 5.69 Å². The van der Waals surface area contributed by atoms with Gasteiger partial charge in [-0.05, 0) is 43.5 Å². The highest BCUT2D eigenvalue weighted by molar-refractivity contribution is 5.93. The number of carbonyl (C=O) groups excluding carboxylic acids is 2. The van der Waals surface area contributed by atoms with Crippen LogP contribution in [0.25, 0.3) is 0 Å². The van der Waals surface area contributed by atoms with E-state index in [0.29, 0.717) is 19.6 Å². The second-order valence-electron chi connectivity index (χ2n) is 7.48. The summed E-state index contributed by atoms with van der Waals surface area (Å²) < 4.78 is 0. The lowest BCUT2D eigenvalue weighted by molar-refractivity contribution is -0.121. The van der Waals surface area contributed by atoms with Crippen LogP contribution in [-0.2, 0) is 4.79 Å². The number of benzene rings is 2. The van der Waals surface area contributed by atoms with Crippen molar-refractivity contribution in [3.63, 3.8) is 0 Å². The minimum absolute atomic E-state index is 0.0156. The molecule has 0 saturated carbocycles. The summed E-state index contributed by atoms with van der Waals surface area (Å²) in [5.41, 5.74) is 1.96. The molecule has 0 spiro atoms. The summed E-state index contributed by atoms with van der Waals surface area (Å²) in [6.07, 6.45) is 2.52. The second kappa shape index (κ2) is 10.5. The first-order chi connectivity index (χ1) is 14.1. The van der Waals surface area contributed by atoms with Crippen molar-refractivity contribution in [1.82, 2.24) is 10.2 Å². The van der Waals surface area contributed by atoms with Crippen LogP contribution >= 0.6 is 0 Å². The van der Waals surface area contributed by atoms with E-state index in [1.807, 2.05) is 48.5 Å². The fourth-order valence-electron chi connectivity index (χ4n) is 3.58. The third kappa shape index (κ3) is 6.24. The molecule has 1 fully saturated rings. The first-order valence-corrected chi connectivity index (χ1v) is 10.3. The molecule has 2 aromatic carbocycles. The molecule has 0 aliphatic carbocycles. The lowest BCUT2D eigenvalue weighted by Gasteiger charge is -2.32. The fraction of sp³-hybridized carbons (Fsp3) is 0.391. The lowest BCUT2D eigenvalue weighted by Crippen LogP contribution is -2.48. The van der Waals surface area contributed by atoms with Crippen LogP contribution in [0.2, 0.25) is 0 Å². The molecular weight excluding hydrogens is 364 g/mol. The Hall–Kier alpha value is -3.02. The van der Waals surface area contributed by atoms with E-state index in [2.05, 4.69) is 34.7 Å². The zero-order chi connectivity index (χ0) is 20.5. The van der Waals surface area contributed by atoms with Crippen molar-refractivity contribution in [2.75, 3.05) is 43.4 Å². The van der Waals surface area contributed by atoms with Gasteiger partial charge >= 0.3 is 6.03 Å². The highest BCUT2D eigenvalue weighted by Gasteiger charge is 2.28. The van der Waals surface area contributed by atoms with Crippen molar-refractivity contribution in [2.45, 2.75) is 19.3 Å². The highest BCUT2D eigenvalue weighted by Crippen LogP contribution is 2.19. The number of nitrogens with one attached hydrogen (secondary N) is 2. The maximum absolute atomic E-state index is 12.5. The van der Waals surface area contributed by atoms with Gasteiger partial charge in [-0.15, -0.1) is 0 Å². The molecule has 1 saturated heterocycles. The molecule has 6 heteroatoms. The van der Waals surface area contributed by atoms with Gasteiger partial charge in [-0.25, -0.2) is 4.79 Å². The Labute approximate surface area is 172 Å². The monoisotopic (exact) mass is 394 g/mol. The predicted octanol–water partition coefficient (Wildman–Crippen LogP) is 3.57. The van der Waals surface area contributed by atoms with Gasteiger partial charge < -0.3 is 20.4 Å². The van der Waals surface area contributed by atoms with Crippen LogP contribution in [0, 0.1) is 5.92 Å². The Morgan fingerprint density at radius 1 is 1.07 bits per heavy atom. The first-order valence-electron chi connectivity index (χ1n) is 10.3. The van der Waals surface area contributed by atoms with Gasteiger partial charge in [0.1, 0.15) is 0 Å². The molecular formula is C23H30N4O2. The number of nitrogens with zero attached hydrogens (tertiary/aromatic N) is 2. The molecule has 2 N–H and O–H groups in total. The van der Waals surface area contributed by atoms with E-state index >= 15 is 0 Å². The normalized spacial score (nSPS) is 16.2. The highest BCUT2D eigenvalue weighted by atomic mass is 16.2. The molecule has 29 heavy (non-hydrogen) atoms. The number of urea groups is 1. The summed E-state index contributed by atoms with van der Waals surface area (Å²) in [6.45, 7) is 2.65. The van der Waals surface area contributed by atoms with Crippen LogP contribution in [0.5, 0.6) is 0 Å². The number of para-hydroxylation sites is 2. The van der Waals surface area contributed by atoms with Crippen molar-refractivity contribution in [2.24, 2.45) is 5.92 Å². The molecule has 1 aliphatic rings. The average Bonchev–Trinajstić information content (AvgIpc) is 2.77. The number of amides is 3. The summed E-state index contributed by atoms with van der Waals surface area (Å²) in [5, 5.41) is 5.95. The van der Waals surface area contributed by atoms with Crippen LogP contribution in [0.4, 0.5) is 16.2 Å². The zero-order valence-electron chi connectivity index (χ0n) is 17.0. The standard InChI is InChI=1S/C23H30N4O2/c1-26(21-13-6-3-7-14-21)16-9-15-24-23(29)27-17-8-10-19(18-27)22(28)25-20-11-4-2-5-12-20/h2-7,11-14,19H,8-10,15-18H2,1H3,(H,24,29)(H,25,28). The third-order valence-corrected chi connectivity index (χ3v) is 5.26. The van der Waals surface area contributed by atoms with Gasteiger partial charge in [-0.1, -0.05) is 36.4 Å². The van der Waals surface area contributed by atoms with E-state index in [-0.39, 0.29) is 17.9 Å². The molecule has 0 radical (unpaired) electrons. The van der Waals surface area contributed by atoms with E-state index in [1.54, 1.807) is 4.90 Å². The number of anilines is 2. The van der Waals surface area contributed by atoms with Crippen molar-refractivity contribution < 1.29 is 9.59 Å². The van der Waals surface area contributed by atoms with Crippen LogP contribution in [0.1, 0.15) is 19.3 Å². The number of rotatable bonds is 7. The topological polar surface area (TPSA) is 64.7 Å². The molecule has 6 nitrogen and oxygen atoms in total. The smallest absolute Gasteiger partial charge is 0.317 e. The minimum atomic E-state index is -0.168. The number of hydrogen-bond acceptors (Lipinski definition) is 3. The SMILES string of the molecule is CN(CCCNC(=O)N1CCCC(C(=O)Nc2ccccc2)C1)c1ccccc1. The van der Waals surface area contributed by atoms with Gasteiger partial charge in [0.15, 0.2) is 0 Å². The van der Waals surface area contributed by atoms with Crippen molar-refractivity contribution in [3.8, 4) is 0 Å². The molecule has 1 unspecified atom stereocenters. The summed E-state index contributed by atoms with van der Waals surface area (Å²) in [5.74, 6) is -0.183.